The van der Waals surface area contributed by atoms with E-state index < -0.39 is 23.5 Å². The maximum Gasteiger partial charge on any atom is 0.416 e. The van der Waals surface area contributed by atoms with Crippen molar-refractivity contribution in [2.75, 3.05) is 20.2 Å². The molecule has 3 aromatic rings. The van der Waals surface area contributed by atoms with Crippen molar-refractivity contribution in [3.63, 3.8) is 0 Å². The van der Waals surface area contributed by atoms with E-state index in [2.05, 4.69) is 5.32 Å². The van der Waals surface area contributed by atoms with Gasteiger partial charge < -0.3 is 10.1 Å². The van der Waals surface area contributed by atoms with Gasteiger partial charge in [0.2, 0.25) is 0 Å². The average molecular weight is 518 g/mol. The molecular formula is C26H26ClF6NO. The zero-order chi connectivity index (χ0) is 24.8. The Hall–Kier alpha value is -2.55. The highest BCUT2D eigenvalue weighted by Crippen LogP contribution is 2.37. The molecule has 0 heterocycles. The van der Waals surface area contributed by atoms with Crippen LogP contribution >= 0.6 is 12.4 Å². The van der Waals surface area contributed by atoms with Gasteiger partial charge in [0.15, 0.2) is 0 Å². The van der Waals surface area contributed by atoms with Gasteiger partial charge in [0.1, 0.15) is 0 Å². The third-order valence-corrected chi connectivity index (χ3v) is 5.50. The van der Waals surface area contributed by atoms with E-state index in [0.717, 1.165) is 11.1 Å². The van der Waals surface area contributed by atoms with Gasteiger partial charge in [-0.1, -0.05) is 60.7 Å². The van der Waals surface area contributed by atoms with Crippen LogP contribution in [0.1, 0.15) is 33.7 Å². The molecule has 0 bridgehead atoms. The quantitative estimate of drug-likeness (QED) is 0.300. The predicted molar refractivity (Wildman–Crippen MR) is 125 cm³/mol. The second-order valence-corrected chi connectivity index (χ2v) is 8.05. The lowest BCUT2D eigenvalue weighted by Gasteiger charge is -2.28. The van der Waals surface area contributed by atoms with Crippen molar-refractivity contribution in [1.29, 1.82) is 0 Å². The summed E-state index contributed by atoms with van der Waals surface area (Å²) >= 11 is 0. The minimum absolute atomic E-state index is 0. The summed E-state index contributed by atoms with van der Waals surface area (Å²) in [4.78, 5) is 0. The zero-order valence-electron chi connectivity index (χ0n) is 18.9. The summed E-state index contributed by atoms with van der Waals surface area (Å²) in [5.74, 6) is -0.204. The molecule has 35 heavy (non-hydrogen) atoms. The molecule has 2 nitrogen and oxygen atoms in total. The highest BCUT2D eigenvalue weighted by atomic mass is 35.5. The number of ether oxygens (including phenoxy) is 1. The van der Waals surface area contributed by atoms with Crippen LogP contribution in [0.4, 0.5) is 26.3 Å². The summed E-state index contributed by atoms with van der Waals surface area (Å²) in [6.45, 7) is 0.293. The van der Waals surface area contributed by atoms with Crippen LogP contribution in [0, 0.1) is 5.92 Å². The first-order valence-corrected chi connectivity index (χ1v) is 10.7. The van der Waals surface area contributed by atoms with Crippen LogP contribution in [-0.2, 0) is 23.7 Å². The van der Waals surface area contributed by atoms with Crippen LogP contribution in [0.15, 0.2) is 78.9 Å². The minimum Gasteiger partial charge on any atom is -0.376 e. The fraction of sp³-hybridized carbons (Fsp3) is 0.308. The van der Waals surface area contributed by atoms with E-state index >= 15 is 0 Å². The molecule has 0 aliphatic rings. The molecule has 3 rings (SSSR count). The molecule has 190 valence electrons. The smallest absolute Gasteiger partial charge is 0.376 e. The topological polar surface area (TPSA) is 21.3 Å². The Morgan fingerprint density at radius 1 is 0.743 bits per heavy atom. The number of halogens is 7. The Bertz CT molecular complexity index is 969. The predicted octanol–water partition coefficient (Wildman–Crippen LogP) is 7.33. The number of benzene rings is 3. The molecule has 0 spiro atoms. The van der Waals surface area contributed by atoms with E-state index in [-0.39, 0.29) is 49.1 Å². The van der Waals surface area contributed by atoms with Crippen LogP contribution < -0.4 is 5.32 Å². The fourth-order valence-corrected chi connectivity index (χ4v) is 4.02. The Morgan fingerprint density at radius 2 is 1.20 bits per heavy atom. The van der Waals surface area contributed by atoms with Crippen molar-refractivity contribution in [3.05, 3.63) is 107 Å². The van der Waals surface area contributed by atoms with Gasteiger partial charge >= 0.3 is 12.4 Å². The molecule has 9 heteroatoms. The standard InChI is InChI=1S/C26H25F6NO.ClH/c1-33-15-21(24(19-8-4-2-5-9-19)20-10-6-3-7-11-20)17-34-16-18-12-22(25(27,28)29)14-23(13-18)26(30,31)32;/h2-14,21,24,33H,15-17H2,1H3;1H. The molecular weight excluding hydrogens is 492 g/mol. The van der Waals surface area contributed by atoms with E-state index in [1.165, 1.54) is 0 Å². The Morgan fingerprint density at radius 3 is 1.60 bits per heavy atom. The molecule has 0 saturated carbocycles. The third kappa shape index (κ3) is 7.98. The van der Waals surface area contributed by atoms with Crippen molar-refractivity contribution in [2.24, 2.45) is 5.92 Å². The zero-order valence-corrected chi connectivity index (χ0v) is 19.7. The lowest BCUT2D eigenvalue weighted by molar-refractivity contribution is -0.143. The lowest BCUT2D eigenvalue weighted by atomic mass is 9.81. The van der Waals surface area contributed by atoms with Gasteiger partial charge in [0.25, 0.3) is 0 Å². The monoisotopic (exact) mass is 517 g/mol. The molecule has 0 amide bonds. The number of nitrogens with one attached hydrogen (secondary N) is 1. The van der Waals surface area contributed by atoms with Gasteiger partial charge in [0.05, 0.1) is 24.3 Å². The highest BCUT2D eigenvalue weighted by Gasteiger charge is 2.37. The first kappa shape index (κ1) is 28.7. The number of rotatable bonds is 9. The highest BCUT2D eigenvalue weighted by molar-refractivity contribution is 5.85. The van der Waals surface area contributed by atoms with E-state index in [9.17, 15) is 26.3 Å². The maximum atomic E-state index is 13.2. The van der Waals surface area contributed by atoms with Crippen LogP contribution in [0.3, 0.4) is 0 Å². The molecule has 0 fully saturated rings. The fourth-order valence-electron chi connectivity index (χ4n) is 4.02. The van der Waals surface area contributed by atoms with Gasteiger partial charge in [-0.3, -0.25) is 0 Å². The van der Waals surface area contributed by atoms with E-state index in [1.807, 2.05) is 60.7 Å². The summed E-state index contributed by atoms with van der Waals surface area (Å²) in [6.07, 6.45) is -9.78. The second kappa shape index (κ2) is 12.4. The first-order chi connectivity index (χ1) is 16.1. The third-order valence-electron chi connectivity index (χ3n) is 5.50. The Balaban J connectivity index is 0.00000432. The SMILES string of the molecule is CNCC(COCc1cc(C(F)(F)F)cc(C(F)(F)F)c1)C(c1ccccc1)c1ccccc1.Cl. The average Bonchev–Trinajstić information content (AvgIpc) is 2.79. The molecule has 3 aromatic carbocycles. The molecule has 1 atom stereocenters. The van der Waals surface area contributed by atoms with E-state index in [0.29, 0.717) is 18.7 Å². The summed E-state index contributed by atoms with van der Waals surface area (Å²) in [5.41, 5.74) is -0.799. The van der Waals surface area contributed by atoms with E-state index in [1.54, 1.807) is 7.05 Å². The summed E-state index contributed by atoms with van der Waals surface area (Å²) in [5, 5.41) is 3.12. The number of hydrogen-bond acceptors (Lipinski definition) is 2. The molecule has 0 radical (unpaired) electrons. The summed E-state index contributed by atoms with van der Waals surface area (Å²) in [7, 11) is 1.78. The molecule has 0 aromatic heterocycles. The largest absolute Gasteiger partial charge is 0.416 e. The minimum atomic E-state index is -4.89. The second-order valence-electron chi connectivity index (χ2n) is 8.05. The molecule has 0 aliphatic carbocycles. The van der Waals surface area contributed by atoms with Gasteiger partial charge in [-0.25, -0.2) is 0 Å². The van der Waals surface area contributed by atoms with Crippen LogP contribution in [0.2, 0.25) is 0 Å². The van der Waals surface area contributed by atoms with Gasteiger partial charge in [-0.2, -0.15) is 26.3 Å². The van der Waals surface area contributed by atoms with Crippen molar-refractivity contribution in [1.82, 2.24) is 5.32 Å². The van der Waals surface area contributed by atoms with Gasteiger partial charge in [-0.05, 0) is 41.9 Å². The van der Waals surface area contributed by atoms with Crippen molar-refractivity contribution in [3.8, 4) is 0 Å². The van der Waals surface area contributed by atoms with E-state index in [4.69, 9.17) is 4.74 Å². The van der Waals surface area contributed by atoms with Crippen LogP contribution in [0.5, 0.6) is 0 Å². The Kier molecular flexibility index (Phi) is 10.2. The van der Waals surface area contributed by atoms with Crippen molar-refractivity contribution in [2.45, 2.75) is 24.9 Å². The molecule has 1 unspecified atom stereocenters. The molecule has 1 N–H and O–H groups in total. The summed E-state index contributed by atoms with van der Waals surface area (Å²) < 4.78 is 84.6. The van der Waals surface area contributed by atoms with Crippen LogP contribution in [-0.4, -0.2) is 20.2 Å². The molecule has 0 aliphatic heterocycles. The first-order valence-electron chi connectivity index (χ1n) is 10.7. The normalized spacial score (nSPS) is 12.9. The van der Waals surface area contributed by atoms with Gasteiger partial charge in [-0.15, -0.1) is 12.4 Å². The number of alkyl halides is 6. The lowest BCUT2D eigenvalue weighted by Crippen LogP contribution is -2.29. The van der Waals surface area contributed by atoms with Crippen molar-refractivity contribution < 1.29 is 31.1 Å². The van der Waals surface area contributed by atoms with Crippen LogP contribution in [0.25, 0.3) is 0 Å². The number of hydrogen-bond donors (Lipinski definition) is 1. The Labute approximate surface area is 206 Å². The van der Waals surface area contributed by atoms with Gasteiger partial charge in [0, 0.05) is 18.4 Å². The van der Waals surface area contributed by atoms with Crippen molar-refractivity contribution >= 4 is 12.4 Å². The molecule has 0 saturated heterocycles. The maximum absolute atomic E-state index is 13.2. The summed E-state index contributed by atoms with van der Waals surface area (Å²) in [6, 6.07) is 21.0.